The summed E-state index contributed by atoms with van der Waals surface area (Å²) in [7, 11) is -3.64. The minimum atomic E-state index is -4.43. The van der Waals surface area contributed by atoms with Crippen molar-refractivity contribution in [1.29, 1.82) is 0 Å². The zero-order valence-corrected chi connectivity index (χ0v) is 13.0. The van der Waals surface area contributed by atoms with Crippen LogP contribution in [0.25, 0.3) is 11.1 Å². The lowest BCUT2D eigenvalue weighted by Crippen LogP contribution is -2.10. The second-order valence-corrected chi connectivity index (χ2v) is 7.48. The summed E-state index contributed by atoms with van der Waals surface area (Å²) < 4.78 is 62.4. The van der Waals surface area contributed by atoms with Crippen LogP contribution in [0.4, 0.5) is 18.9 Å². The molecule has 126 valence electrons. The molecule has 0 aromatic heterocycles. The van der Waals surface area contributed by atoms with Crippen LogP contribution < -0.4 is 5.32 Å². The van der Waals surface area contributed by atoms with Gasteiger partial charge in [-0.15, -0.1) is 0 Å². The first-order valence-electron chi connectivity index (χ1n) is 7.01. The molecule has 0 radical (unpaired) electrons. The highest BCUT2D eigenvalue weighted by Gasteiger charge is 2.30. The Morgan fingerprint density at radius 3 is 2.21 bits per heavy atom. The Morgan fingerprint density at radius 2 is 1.58 bits per heavy atom. The van der Waals surface area contributed by atoms with Crippen molar-refractivity contribution in [3.8, 4) is 11.1 Å². The van der Waals surface area contributed by atoms with Crippen molar-refractivity contribution in [3.05, 3.63) is 48.0 Å². The second kappa shape index (κ2) is 5.62. The van der Waals surface area contributed by atoms with Crippen LogP contribution in [0.2, 0.25) is 0 Å². The lowest BCUT2D eigenvalue weighted by molar-refractivity contribution is -0.137. The number of sulfone groups is 1. The zero-order chi connectivity index (χ0) is 17.5. The molecule has 2 aromatic rings. The largest absolute Gasteiger partial charge is 0.416 e. The van der Waals surface area contributed by atoms with Crippen LogP contribution in [0.3, 0.4) is 0 Å². The molecule has 0 fully saturated rings. The number of anilines is 1. The highest BCUT2D eigenvalue weighted by Crippen LogP contribution is 2.34. The molecule has 0 saturated carbocycles. The SMILES string of the molecule is O=C1CCS(=O)(=O)c2cc(-c3ccc(C(F)(F)F)cc3)ccc2N1. The van der Waals surface area contributed by atoms with Crippen molar-refractivity contribution in [3.63, 3.8) is 0 Å². The summed E-state index contributed by atoms with van der Waals surface area (Å²) in [5.74, 6) is -0.693. The van der Waals surface area contributed by atoms with E-state index in [0.29, 0.717) is 11.1 Å². The fourth-order valence-corrected chi connectivity index (χ4v) is 3.90. The molecule has 0 aliphatic carbocycles. The molecule has 3 rings (SSSR count). The van der Waals surface area contributed by atoms with Crippen molar-refractivity contribution >= 4 is 21.4 Å². The minimum absolute atomic E-state index is 0.0225. The first kappa shape index (κ1) is 16.5. The molecule has 1 aliphatic heterocycles. The average Bonchev–Trinajstić information content (AvgIpc) is 2.63. The van der Waals surface area contributed by atoms with E-state index in [1.54, 1.807) is 6.07 Å². The summed E-state index contributed by atoms with van der Waals surface area (Å²) >= 11 is 0. The standard InChI is InChI=1S/C16H12F3NO3S/c17-16(18,19)12-4-1-10(2-5-12)11-3-6-13-14(9-11)24(22,23)8-7-15(21)20-13/h1-6,9H,7-8H2,(H,20,21). The van der Waals surface area contributed by atoms with Gasteiger partial charge in [-0.05, 0) is 35.4 Å². The maximum Gasteiger partial charge on any atom is 0.416 e. The van der Waals surface area contributed by atoms with Gasteiger partial charge in [-0.1, -0.05) is 18.2 Å². The summed E-state index contributed by atoms with van der Waals surface area (Å²) in [5, 5.41) is 2.52. The Bertz CT molecular complexity index is 903. The summed E-state index contributed by atoms with van der Waals surface area (Å²) in [6.07, 6.45) is -4.56. The monoisotopic (exact) mass is 355 g/mol. The normalized spacial score (nSPS) is 16.9. The quantitative estimate of drug-likeness (QED) is 0.852. The number of fused-ring (bicyclic) bond motifs is 1. The molecule has 8 heteroatoms. The van der Waals surface area contributed by atoms with Gasteiger partial charge in [-0.25, -0.2) is 8.42 Å². The number of hydrogen-bond acceptors (Lipinski definition) is 3. The maximum absolute atomic E-state index is 12.6. The van der Waals surface area contributed by atoms with Gasteiger partial charge in [0.25, 0.3) is 0 Å². The Labute approximate surface area is 136 Å². The fraction of sp³-hybridized carbons (Fsp3) is 0.188. The highest BCUT2D eigenvalue weighted by atomic mass is 32.2. The number of carbonyl (C=O) groups excluding carboxylic acids is 1. The van der Waals surface area contributed by atoms with Gasteiger partial charge < -0.3 is 5.32 Å². The molecule has 1 aliphatic rings. The minimum Gasteiger partial charge on any atom is -0.325 e. The topological polar surface area (TPSA) is 63.2 Å². The zero-order valence-electron chi connectivity index (χ0n) is 12.2. The molecule has 0 bridgehead atoms. The molecule has 4 nitrogen and oxygen atoms in total. The van der Waals surface area contributed by atoms with Crippen molar-refractivity contribution in [2.24, 2.45) is 0 Å². The summed E-state index contributed by atoms with van der Waals surface area (Å²) in [5.41, 5.74) is 0.327. The molecular weight excluding hydrogens is 343 g/mol. The van der Waals surface area contributed by atoms with Crippen molar-refractivity contribution in [2.75, 3.05) is 11.1 Å². The molecular formula is C16H12F3NO3S. The van der Waals surface area contributed by atoms with Crippen molar-refractivity contribution < 1.29 is 26.4 Å². The van der Waals surface area contributed by atoms with E-state index in [2.05, 4.69) is 5.32 Å². The van der Waals surface area contributed by atoms with Crippen LogP contribution in [0, 0.1) is 0 Å². The molecule has 0 saturated heterocycles. The van der Waals surface area contributed by atoms with Crippen LogP contribution in [-0.2, 0) is 20.8 Å². The third kappa shape index (κ3) is 3.14. The van der Waals surface area contributed by atoms with E-state index in [9.17, 15) is 26.4 Å². The smallest absolute Gasteiger partial charge is 0.325 e. The van der Waals surface area contributed by atoms with Gasteiger partial charge in [0.05, 0.1) is 21.9 Å². The molecule has 0 atom stereocenters. The second-order valence-electron chi connectivity index (χ2n) is 5.40. The number of halogens is 3. The number of carbonyl (C=O) groups is 1. The van der Waals surface area contributed by atoms with Crippen LogP contribution in [0.15, 0.2) is 47.4 Å². The molecule has 1 N–H and O–H groups in total. The van der Waals surface area contributed by atoms with Gasteiger partial charge in [0.2, 0.25) is 5.91 Å². The molecule has 0 unspecified atom stereocenters. The molecule has 1 amide bonds. The van der Waals surface area contributed by atoms with E-state index in [0.717, 1.165) is 12.1 Å². The van der Waals surface area contributed by atoms with Gasteiger partial charge >= 0.3 is 6.18 Å². The van der Waals surface area contributed by atoms with Gasteiger partial charge in [-0.2, -0.15) is 13.2 Å². The predicted molar refractivity (Wildman–Crippen MR) is 82.2 cm³/mol. The average molecular weight is 355 g/mol. The molecule has 0 spiro atoms. The lowest BCUT2D eigenvalue weighted by Gasteiger charge is -2.11. The Balaban J connectivity index is 2.05. The third-order valence-electron chi connectivity index (χ3n) is 3.73. The van der Waals surface area contributed by atoms with Gasteiger partial charge in [0.1, 0.15) is 0 Å². The lowest BCUT2D eigenvalue weighted by atomic mass is 10.0. The van der Waals surface area contributed by atoms with Crippen LogP contribution >= 0.6 is 0 Å². The van der Waals surface area contributed by atoms with Crippen LogP contribution in [0.5, 0.6) is 0 Å². The molecule has 2 aromatic carbocycles. The number of benzene rings is 2. The molecule has 1 heterocycles. The number of nitrogens with one attached hydrogen (secondary N) is 1. The summed E-state index contributed by atoms with van der Waals surface area (Å²) in [6.45, 7) is 0. The van der Waals surface area contributed by atoms with E-state index >= 15 is 0 Å². The van der Waals surface area contributed by atoms with E-state index in [1.807, 2.05) is 0 Å². The maximum atomic E-state index is 12.6. The van der Waals surface area contributed by atoms with E-state index in [-0.39, 0.29) is 28.7 Å². The Morgan fingerprint density at radius 1 is 0.958 bits per heavy atom. The number of rotatable bonds is 1. The van der Waals surface area contributed by atoms with Crippen molar-refractivity contribution in [1.82, 2.24) is 0 Å². The van der Waals surface area contributed by atoms with E-state index in [1.165, 1.54) is 24.3 Å². The number of alkyl halides is 3. The van der Waals surface area contributed by atoms with Gasteiger partial charge in [-0.3, -0.25) is 4.79 Å². The van der Waals surface area contributed by atoms with Gasteiger partial charge in [0, 0.05) is 6.42 Å². The molecule has 24 heavy (non-hydrogen) atoms. The Kier molecular flexibility index (Phi) is 3.87. The third-order valence-corrected chi connectivity index (χ3v) is 5.48. The van der Waals surface area contributed by atoms with Gasteiger partial charge in [0.15, 0.2) is 9.84 Å². The van der Waals surface area contributed by atoms with E-state index in [4.69, 9.17) is 0 Å². The van der Waals surface area contributed by atoms with Crippen LogP contribution in [-0.4, -0.2) is 20.1 Å². The van der Waals surface area contributed by atoms with Crippen LogP contribution in [0.1, 0.15) is 12.0 Å². The summed E-state index contributed by atoms with van der Waals surface area (Å²) in [6, 6.07) is 8.83. The Hall–Kier alpha value is -2.35. The fourth-order valence-electron chi connectivity index (χ4n) is 2.46. The predicted octanol–water partition coefficient (Wildman–Crippen LogP) is 3.49. The first-order chi connectivity index (χ1) is 11.2. The van der Waals surface area contributed by atoms with Crippen molar-refractivity contribution in [2.45, 2.75) is 17.5 Å². The number of amides is 1. The highest BCUT2D eigenvalue weighted by molar-refractivity contribution is 7.91. The summed E-state index contributed by atoms with van der Waals surface area (Å²) in [4.78, 5) is 11.5. The van der Waals surface area contributed by atoms with E-state index < -0.39 is 21.6 Å². The number of hydrogen-bond donors (Lipinski definition) is 1. The first-order valence-corrected chi connectivity index (χ1v) is 8.66.